The van der Waals surface area contributed by atoms with Gasteiger partial charge in [-0.2, -0.15) is 4.98 Å². The zero-order valence-electron chi connectivity index (χ0n) is 17.2. The molecule has 4 rings (SSSR count). The van der Waals surface area contributed by atoms with E-state index in [4.69, 9.17) is 13.8 Å². The fraction of sp³-hybridized carbons (Fsp3) is 0.227. The smallest absolute Gasteiger partial charge is 0.273 e. The van der Waals surface area contributed by atoms with Crippen molar-refractivity contribution in [2.45, 2.75) is 26.9 Å². The fourth-order valence-corrected chi connectivity index (χ4v) is 2.95. The zero-order chi connectivity index (χ0) is 21.6. The number of carbonyl (C=O) groups excluding carboxylic acids is 1. The highest BCUT2D eigenvalue weighted by Crippen LogP contribution is 2.21. The van der Waals surface area contributed by atoms with Gasteiger partial charge < -0.3 is 19.1 Å². The van der Waals surface area contributed by atoms with Crippen molar-refractivity contribution < 1.29 is 18.6 Å². The number of benzene rings is 1. The van der Waals surface area contributed by atoms with Gasteiger partial charge in [0.1, 0.15) is 18.1 Å². The molecule has 1 N–H and O–H groups in total. The molecule has 0 aliphatic carbocycles. The van der Waals surface area contributed by atoms with Crippen LogP contribution in [0.5, 0.6) is 5.75 Å². The fourth-order valence-electron chi connectivity index (χ4n) is 2.95. The molecule has 0 bridgehead atoms. The number of hydrogen-bond donors (Lipinski definition) is 1. The van der Waals surface area contributed by atoms with Gasteiger partial charge in [0.25, 0.3) is 11.8 Å². The number of nitrogens with zero attached hydrogens (tertiary/aromatic N) is 4. The molecule has 9 heteroatoms. The standard InChI is InChI=1S/C22H21N5O4/c1-14-5-3-4-6-18(14)29-13-17-15(2)30-27-20(17)21(28)24-12-9-19-25-22(31-26-19)16-7-10-23-11-8-16/h3-8,10-11H,9,12-13H2,1-2H3,(H,24,28). The van der Waals surface area contributed by atoms with Crippen molar-refractivity contribution in [2.75, 3.05) is 6.54 Å². The number of carbonyl (C=O) groups is 1. The molecule has 158 valence electrons. The molecule has 0 unspecified atom stereocenters. The van der Waals surface area contributed by atoms with Crippen molar-refractivity contribution in [3.05, 3.63) is 77.2 Å². The van der Waals surface area contributed by atoms with E-state index in [0.29, 0.717) is 36.0 Å². The zero-order valence-corrected chi connectivity index (χ0v) is 17.2. The minimum absolute atomic E-state index is 0.184. The summed E-state index contributed by atoms with van der Waals surface area (Å²) in [5, 5.41) is 10.7. The summed E-state index contributed by atoms with van der Waals surface area (Å²) < 4.78 is 16.3. The second-order valence-electron chi connectivity index (χ2n) is 6.88. The van der Waals surface area contributed by atoms with Crippen LogP contribution in [-0.4, -0.2) is 32.7 Å². The van der Waals surface area contributed by atoms with Crippen LogP contribution in [0.1, 0.15) is 33.2 Å². The normalized spacial score (nSPS) is 10.8. The van der Waals surface area contributed by atoms with Crippen molar-refractivity contribution in [3.63, 3.8) is 0 Å². The summed E-state index contributed by atoms with van der Waals surface area (Å²) in [5.74, 6) is 1.84. The maximum atomic E-state index is 12.6. The first-order valence-electron chi connectivity index (χ1n) is 9.76. The lowest BCUT2D eigenvalue weighted by Crippen LogP contribution is -2.27. The molecule has 9 nitrogen and oxygen atoms in total. The van der Waals surface area contributed by atoms with Gasteiger partial charge in [0.2, 0.25) is 0 Å². The second-order valence-corrected chi connectivity index (χ2v) is 6.88. The summed E-state index contributed by atoms with van der Waals surface area (Å²) in [6.07, 6.45) is 3.71. The quantitative estimate of drug-likeness (QED) is 0.462. The molecule has 1 amide bonds. The Bertz CT molecular complexity index is 1170. The molecule has 0 fully saturated rings. The number of aromatic nitrogens is 4. The molecule has 1 aromatic carbocycles. The van der Waals surface area contributed by atoms with Gasteiger partial charge in [0.15, 0.2) is 11.5 Å². The molecule has 0 atom stereocenters. The van der Waals surface area contributed by atoms with Gasteiger partial charge in [-0.3, -0.25) is 9.78 Å². The summed E-state index contributed by atoms with van der Waals surface area (Å²) in [7, 11) is 0. The third-order valence-corrected chi connectivity index (χ3v) is 4.69. The van der Waals surface area contributed by atoms with Crippen molar-refractivity contribution in [1.82, 2.24) is 25.6 Å². The molecule has 0 spiro atoms. The van der Waals surface area contributed by atoms with Crippen LogP contribution in [0.3, 0.4) is 0 Å². The summed E-state index contributed by atoms with van der Waals surface area (Å²) in [4.78, 5) is 20.9. The van der Waals surface area contributed by atoms with Crippen LogP contribution >= 0.6 is 0 Å². The van der Waals surface area contributed by atoms with Crippen LogP contribution in [-0.2, 0) is 13.0 Å². The highest BCUT2D eigenvalue weighted by molar-refractivity contribution is 5.93. The molecular formula is C22H21N5O4. The lowest BCUT2D eigenvalue weighted by molar-refractivity contribution is 0.0942. The van der Waals surface area contributed by atoms with Crippen molar-refractivity contribution in [3.8, 4) is 17.2 Å². The highest BCUT2D eigenvalue weighted by atomic mass is 16.5. The van der Waals surface area contributed by atoms with E-state index >= 15 is 0 Å². The Balaban J connectivity index is 1.34. The van der Waals surface area contributed by atoms with Crippen LogP contribution < -0.4 is 10.1 Å². The van der Waals surface area contributed by atoms with Crippen molar-refractivity contribution >= 4 is 5.91 Å². The van der Waals surface area contributed by atoms with E-state index in [1.807, 2.05) is 31.2 Å². The van der Waals surface area contributed by atoms with Crippen LogP contribution in [0.15, 0.2) is 57.8 Å². The Morgan fingerprint density at radius 3 is 2.68 bits per heavy atom. The molecule has 0 aliphatic heterocycles. The van der Waals surface area contributed by atoms with Crippen molar-refractivity contribution in [2.24, 2.45) is 0 Å². The van der Waals surface area contributed by atoms with Crippen LogP contribution in [0.2, 0.25) is 0 Å². The Hall–Kier alpha value is -4.01. The molecule has 0 saturated heterocycles. The third-order valence-electron chi connectivity index (χ3n) is 4.69. The van der Waals surface area contributed by atoms with Crippen LogP contribution in [0.25, 0.3) is 11.5 Å². The van der Waals surface area contributed by atoms with Gasteiger partial charge in [-0.05, 0) is 37.6 Å². The number of para-hydroxylation sites is 1. The topological polar surface area (TPSA) is 116 Å². The number of ether oxygens (including phenoxy) is 1. The monoisotopic (exact) mass is 419 g/mol. The minimum atomic E-state index is -0.349. The number of pyridine rings is 1. The molecule has 0 saturated carbocycles. The van der Waals surface area contributed by atoms with E-state index in [9.17, 15) is 4.79 Å². The molecule has 31 heavy (non-hydrogen) atoms. The van der Waals surface area contributed by atoms with Gasteiger partial charge in [-0.25, -0.2) is 0 Å². The Kier molecular flexibility index (Phi) is 6.02. The molecule has 3 heterocycles. The van der Waals surface area contributed by atoms with E-state index in [0.717, 1.165) is 16.9 Å². The SMILES string of the molecule is Cc1ccccc1OCc1c(C(=O)NCCc2noc(-c3ccncc3)n2)noc1C. The number of hydrogen-bond acceptors (Lipinski definition) is 8. The number of amides is 1. The molecule has 3 aromatic heterocycles. The van der Waals surface area contributed by atoms with E-state index in [-0.39, 0.29) is 18.2 Å². The van der Waals surface area contributed by atoms with E-state index in [1.165, 1.54) is 0 Å². The van der Waals surface area contributed by atoms with E-state index in [1.54, 1.807) is 31.5 Å². The molecular weight excluding hydrogens is 398 g/mol. The first-order valence-corrected chi connectivity index (χ1v) is 9.76. The summed E-state index contributed by atoms with van der Waals surface area (Å²) in [6, 6.07) is 11.2. The van der Waals surface area contributed by atoms with Gasteiger partial charge in [0.05, 0.1) is 5.56 Å². The van der Waals surface area contributed by atoms with Gasteiger partial charge in [0, 0.05) is 30.9 Å². The maximum absolute atomic E-state index is 12.6. The van der Waals surface area contributed by atoms with E-state index in [2.05, 4.69) is 25.6 Å². The van der Waals surface area contributed by atoms with Crippen LogP contribution in [0, 0.1) is 13.8 Å². The predicted molar refractivity (Wildman–Crippen MR) is 110 cm³/mol. The van der Waals surface area contributed by atoms with Gasteiger partial charge >= 0.3 is 0 Å². The first-order chi connectivity index (χ1) is 15.1. The Labute approximate surface area is 178 Å². The molecule has 4 aromatic rings. The molecule has 0 aliphatic rings. The Morgan fingerprint density at radius 1 is 1.06 bits per heavy atom. The lowest BCUT2D eigenvalue weighted by atomic mass is 10.2. The largest absolute Gasteiger partial charge is 0.488 e. The van der Waals surface area contributed by atoms with Crippen LogP contribution in [0.4, 0.5) is 0 Å². The average Bonchev–Trinajstić information content (AvgIpc) is 3.40. The third kappa shape index (κ3) is 4.77. The van der Waals surface area contributed by atoms with Crippen molar-refractivity contribution in [1.29, 1.82) is 0 Å². The summed E-state index contributed by atoms with van der Waals surface area (Å²) in [6.45, 7) is 4.21. The van der Waals surface area contributed by atoms with E-state index < -0.39 is 0 Å². The number of nitrogens with one attached hydrogen (secondary N) is 1. The summed E-state index contributed by atoms with van der Waals surface area (Å²) in [5.41, 5.74) is 2.61. The predicted octanol–water partition coefficient (Wildman–Crippen LogP) is 3.29. The number of rotatable bonds is 8. The van der Waals surface area contributed by atoms with Gasteiger partial charge in [-0.1, -0.05) is 28.5 Å². The minimum Gasteiger partial charge on any atom is -0.488 e. The number of aryl methyl sites for hydroxylation is 2. The highest BCUT2D eigenvalue weighted by Gasteiger charge is 2.20. The maximum Gasteiger partial charge on any atom is 0.273 e. The molecule has 0 radical (unpaired) electrons. The Morgan fingerprint density at radius 2 is 1.87 bits per heavy atom. The lowest BCUT2D eigenvalue weighted by Gasteiger charge is -2.09. The first kappa shape index (κ1) is 20.3. The van der Waals surface area contributed by atoms with Gasteiger partial charge in [-0.15, -0.1) is 0 Å². The summed E-state index contributed by atoms with van der Waals surface area (Å²) >= 11 is 0. The average molecular weight is 419 g/mol. The second kappa shape index (κ2) is 9.21.